The molecule has 18 heavy (non-hydrogen) atoms. The average molecular weight is 253 g/mol. The lowest BCUT2D eigenvalue weighted by atomic mass is 10.2. The van der Waals surface area contributed by atoms with Crippen LogP contribution in [0, 0.1) is 6.92 Å². The van der Waals surface area contributed by atoms with Crippen LogP contribution in [-0.2, 0) is 4.79 Å². The van der Waals surface area contributed by atoms with E-state index >= 15 is 0 Å². The van der Waals surface area contributed by atoms with E-state index in [2.05, 4.69) is 29.5 Å². The van der Waals surface area contributed by atoms with Crippen LogP contribution >= 0.6 is 0 Å². The highest BCUT2D eigenvalue weighted by Gasteiger charge is 2.13. The number of oxazole rings is 1. The second-order valence-electron chi connectivity index (χ2n) is 4.81. The van der Waals surface area contributed by atoms with Crippen LogP contribution in [0.2, 0.25) is 0 Å². The van der Waals surface area contributed by atoms with E-state index in [1.54, 1.807) is 6.20 Å². The third kappa shape index (κ3) is 5.31. The zero-order chi connectivity index (χ0) is 13.5. The van der Waals surface area contributed by atoms with Gasteiger partial charge in [-0.05, 0) is 26.8 Å². The predicted molar refractivity (Wildman–Crippen MR) is 70.2 cm³/mol. The first-order chi connectivity index (χ1) is 8.49. The van der Waals surface area contributed by atoms with Gasteiger partial charge in [-0.25, -0.2) is 4.98 Å². The maximum absolute atomic E-state index is 11.7. The van der Waals surface area contributed by atoms with E-state index in [1.807, 2.05) is 13.8 Å². The quantitative estimate of drug-likeness (QED) is 0.729. The second-order valence-corrected chi connectivity index (χ2v) is 4.81. The first-order valence-electron chi connectivity index (χ1n) is 6.44. The number of nitrogens with one attached hydrogen (secondary N) is 2. The molecule has 1 aromatic rings. The third-order valence-electron chi connectivity index (χ3n) is 2.52. The molecule has 102 valence electrons. The van der Waals surface area contributed by atoms with Gasteiger partial charge in [0.05, 0.1) is 6.20 Å². The van der Waals surface area contributed by atoms with Crippen LogP contribution in [0.1, 0.15) is 51.3 Å². The van der Waals surface area contributed by atoms with Crippen molar-refractivity contribution in [2.45, 2.75) is 52.6 Å². The van der Waals surface area contributed by atoms with E-state index in [1.165, 1.54) is 0 Å². The van der Waals surface area contributed by atoms with Crippen molar-refractivity contribution in [2.75, 3.05) is 6.54 Å². The largest absolute Gasteiger partial charge is 0.444 e. The molecule has 1 heterocycles. The molecule has 2 N–H and O–H groups in total. The Hall–Kier alpha value is -1.36. The second kappa shape index (κ2) is 7.16. The van der Waals surface area contributed by atoms with Gasteiger partial charge >= 0.3 is 0 Å². The van der Waals surface area contributed by atoms with Crippen LogP contribution in [0.15, 0.2) is 10.6 Å². The highest BCUT2D eigenvalue weighted by Crippen LogP contribution is 2.11. The van der Waals surface area contributed by atoms with Crippen molar-refractivity contribution in [3.05, 3.63) is 17.8 Å². The van der Waals surface area contributed by atoms with Gasteiger partial charge < -0.3 is 15.1 Å². The summed E-state index contributed by atoms with van der Waals surface area (Å²) in [5, 5.41) is 6.15. The van der Waals surface area contributed by atoms with Crippen LogP contribution in [0.25, 0.3) is 0 Å². The van der Waals surface area contributed by atoms with Gasteiger partial charge in [0.25, 0.3) is 0 Å². The molecule has 5 nitrogen and oxygen atoms in total. The Morgan fingerprint density at radius 2 is 2.17 bits per heavy atom. The standard InChI is InChI=1S/C13H23N3O2/c1-9(2)14-7-5-6-12(17)16-11(4)13-15-8-10(3)18-13/h8-9,11,14H,5-7H2,1-4H3,(H,16,17). The Bertz CT molecular complexity index is 374. The third-order valence-corrected chi connectivity index (χ3v) is 2.52. The van der Waals surface area contributed by atoms with Crippen LogP contribution in [0.5, 0.6) is 0 Å². The molecule has 1 rings (SSSR count). The summed E-state index contributed by atoms with van der Waals surface area (Å²) >= 11 is 0. The molecule has 1 amide bonds. The zero-order valence-electron chi connectivity index (χ0n) is 11.6. The van der Waals surface area contributed by atoms with Crippen molar-refractivity contribution in [2.24, 2.45) is 0 Å². The highest BCUT2D eigenvalue weighted by molar-refractivity contribution is 5.76. The lowest BCUT2D eigenvalue weighted by Crippen LogP contribution is -2.29. The summed E-state index contributed by atoms with van der Waals surface area (Å²) in [6.45, 7) is 8.75. The van der Waals surface area contributed by atoms with Gasteiger partial charge in [-0.2, -0.15) is 0 Å². The van der Waals surface area contributed by atoms with E-state index in [4.69, 9.17) is 4.42 Å². The molecule has 1 unspecified atom stereocenters. The summed E-state index contributed by atoms with van der Waals surface area (Å²) in [4.78, 5) is 15.8. The number of aromatic nitrogens is 1. The minimum Gasteiger partial charge on any atom is -0.444 e. The minimum absolute atomic E-state index is 0.0314. The summed E-state index contributed by atoms with van der Waals surface area (Å²) in [6.07, 6.45) is 3.01. The molecule has 1 aromatic heterocycles. The Balaban J connectivity index is 2.23. The molecule has 0 aliphatic carbocycles. The lowest BCUT2D eigenvalue weighted by Gasteiger charge is -2.11. The monoisotopic (exact) mass is 253 g/mol. The summed E-state index contributed by atoms with van der Waals surface area (Å²) < 4.78 is 5.37. The molecule has 5 heteroatoms. The van der Waals surface area contributed by atoms with Crippen molar-refractivity contribution in [3.8, 4) is 0 Å². The van der Waals surface area contributed by atoms with Gasteiger partial charge in [-0.1, -0.05) is 13.8 Å². The van der Waals surface area contributed by atoms with Gasteiger partial charge in [0.1, 0.15) is 11.8 Å². The van der Waals surface area contributed by atoms with E-state index in [0.29, 0.717) is 18.4 Å². The van der Waals surface area contributed by atoms with Crippen LogP contribution in [0.4, 0.5) is 0 Å². The normalized spacial score (nSPS) is 12.7. The number of amides is 1. The van der Waals surface area contributed by atoms with Crippen molar-refractivity contribution >= 4 is 5.91 Å². The number of rotatable bonds is 7. The number of carbonyl (C=O) groups is 1. The first-order valence-corrected chi connectivity index (χ1v) is 6.44. The molecule has 1 atom stereocenters. The summed E-state index contributed by atoms with van der Waals surface area (Å²) in [5.41, 5.74) is 0. The predicted octanol–water partition coefficient (Wildman–Crippen LogP) is 1.94. The topological polar surface area (TPSA) is 67.2 Å². The molecule has 0 radical (unpaired) electrons. The molecule has 0 aliphatic heterocycles. The molecule has 0 bridgehead atoms. The average Bonchev–Trinajstić information content (AvgIpc) is 2.71. The number of hydrogen-bond donors (Lipinski definition) is 2. The lowest BCUT2D eigenvalue weighted by molar-refractivity contribution is -0.122. The van der Waals surface area contributed by atoms with Gasteiger partial charge in [-0.15, -0.1) is 0 Å². The maximum atomic E-state index is 11.7. The number of carbonyl (C=O) groups excluding carboxylic acids is 1. The van der Waals surface area contributed by atoms with Crippen molar-refractivity contribution in [1.82, 2.24) is 15.6 Å². The van der Waals surface area contributed by atoms with Crippen molar-refractivity contribution in [3.63, 3.8) is 0 Å². The van der Waals surface area contributed by atoms with Crippen LogP contribution < -0.4 is 10.6 Å². The summed E-state index contributed by atoms with van der Waals surface area (Å²) in [5.74, 6) is 1.34. The Labute approximate surface area is 108 Å². The Morgan fingerprint density at radius 1 is 1.44 bits per heavy atom. The number of aryl methyl sites for hydroxylation is 1. The van der Waals surface area contributed by atoms with Crippen LogP contribution in [0.3, 0.4) is 0 Å². The Morgan fingerprint density at radius 3 is 2.72 bits per heavy atom. The summed E-state index contributed by atoms with van der Waals surface area (Å²) in [6, 6.07) is 0.284. The van der Waals surface area contributed by atoms with Gasteiger partial charge in [0.15, 0.2) is 0 Å². The van der Waals surface area contributed by atoms with Crippen molar-refractivity contribution < 1.29 is 9.21 Å². The van der Waals surface area contributed by atoms with Gasteiger partial charge in [0.2, 0.25) is 11.8 Å². The number of hydrogen-bond acceptors (Lipinski definition) is 4. The van der Waals surface area contributed by atoms with E-state index in [0.717, 1.165) is 18.7 Å². The van der Waals surface area contributed by atoms with E-state index < -0.39 is 0 Å². The molecule has 0 saturated carbocycles. The van der Waals surface area contributed by atoms with Crippen LogP contribution in [-0.4, -0.2) is 23.5 Å². The fourth-order valence-corrected chi connectivity index (χ4v) is 1.59. The van der Waals surface area contributed by atoms with Gasteiger partial charge in [-0.3, -0.25) is 4.79 Å². The Kier molecular flexibility index (Phi) is 5.85. The maximum Gasteiger partial charge on any atom is 0.220 e. The first kappa shape index (κ1) is 14.7. The molecule has 0 aliphatic rings. The molecular formula is C13H23N3O2. The molecule has 0 fully saturated rings. The fourth-order valence-electron chi connectivity index (χ4n) is 1.59. The molecule has 0 aromatic carbocycles. The molecular weight excluding hydrogens is 230 g/mol. The molecule has 0 spiro atoms. The number of nitrogens with zero attached hydrogens (tertiary/aromatic N) is 1. The van der Waals surface area contributed by atoms with Crippen molar-refractivity contribution in [1.29, 1.82) is 0 Å². The van der Waals surface area contributed by atoms with E-state index in [9.17, 15) is 4.79 Å². The minimum atomic E-state index is -0.177. The van der Waals surface area contributed by atoms with Gasteiger partial charge in [0, 0.05) is 12.5 Å². The smallest absolute Gasteiger partial charge is 0.220 e. The van der Waals surface area contributed by atoms with E-state index in [-0.39, 0.29) is 11.9 Å². The highest BCUT2D eigenvalue weighted by atomic mass is 16.4. The summed E-state index contributed by atoms with van der Waals surface area (Å²) in [7, 11) is 0. The molecule has 0 saturated heterocycles. The SMILES string of the molecule is Cc1cnc(C(C)NC(=O)CCCNC(C)C)o1. The fraction of sp³-hybridized carbons (Fsp3) is 0.692. The zero-order valence-corrected chi connectivity index (χ0v) is 11.6.